The molecule has 13 heteroatoms. The number of benzene rings is 1. The Hall–Kier alpha value is -2.64. The Morgan fingerprint density at radius 2 is 2.15 bits per heavy atom. The van der Waals surface area contributed by atoms with E-state index in [0.717, 1.165) is 5.06 Å². The van der Waals surface area contributed by atoms with Crippen molar-refractivity contribution in [1.29, 1.82) is 0 Å². The van der Waals surface area contributed by atoms with Crippen LogP contribution < -0.4 is 10.6 Å². The lowest BCUT2D eigenvalue weighted by Gasteiger charge is -2.33. The van der Waals surface area contributed by atoms with Crippen LogP contribution in [0.4, 0.5) is 23.7 Å². The number of anilines is 1. The van der Waals surface area contributed by atoms with Crippen LogP contribution >= 0.6 is 15.9 Å². The minimum Gasteiger partial charge on any atom is -0.317 e. The number of hydroxylamine groups is 2. The van der Waals surface area contributed by atoms with Gasteiger partial charge in [-0.1, -0.05) is 0 Å². The molecule has 0 unspecified atom stereocenters. The number of amides is 3. The lowest BCUT2D eigenvalue weighted by Crippen LogP contribution is -2.45. The summed E-state index contributed by atoms with van der Waals surface area (Å²) in [5.74, 6) is -0.869. The molecule has 184 valence electrons. The molecule has 4 rings (SSSR count). The van der Waals surface area contributed by atoms with Crippen LogP contribution in [0, 0.1) is 5.82 Å². The molecule has 0 spiro atoms. The first-order chi connectivity index (χ1) is 16.1. The summed E-state index contributed by atoms with van der Waals surface area (Å²) in [6.07, 6.45) is -2.64. The van der Waals surface area contributed by atoms with E-state index in [-0.39, 0.29) is 30.1 Å². The number of alkyl halides is 2. The molecule has 1 aromatic heterocycles. The maximum atomic E-state index is 13.5. The van der Waals surface area contributed by atoms with E-state index >= 15 is 0 Å². The molecule has 3 amide bonds. The maximum Gasteiger partial charge on any atom is 0.322 e. The topological polar surface area (TPSA) is 91.7 Å². The highest BCUT2D eigenvalue weighted by atomic mass is 79.9. The summed E-state index contributed by atoms with van der Waals surface area (Å²) in [4.78, 5) is 33.3. The quantitative estimate of drug-likeness (QED) is 0.603. The molecule has 0 bridgehead atoms. The number of hydrogen-bond acceptors (Lipinski definition) is 5. The predicted molar refractivity (Wildman–Crippen MR) is 120 cm³/mol. The lowest BCUT2D eigenvalue weighted by atomic mass is 9.99. The maximum absolute atomic E-state index is 13.5. The molecule has 0 aliphatic carbocycles. The van der Waals surface area contributed by atoms with Gasteiger partial charge in [0.1, 0.15) is 17.6 Å². The van der Waals surface area contributed by atoms with E-state index in [1.165, 1.54) is 29.9 Å². The van der Waals surface area contributed by atoms with Gasteiger partial charge >= 0.3 is 6.03 Å². The zero-order valence-corrected chi connectivity index (χ0v) is 20.1. The van der Waals surface area contributed by atoms with E-state index in [2.05, 4.69) is 31.7 Å². The molecule has 2 aliphatic heterocycles. The lowest BCUT2D eigenvalue weighted by molar-refractivity contribution is -0.146. The van der Waals surface area contributed by atoms with Crippen molar-refractivity contribution in [2.24, 2.45) is 0 Å². The van der Waals surface area contributed by atoms with Gasteiger partial charge in [0.2, 0.25) is 0 Å². The number of carbonyl (C=O) groups excluding carboxylic acids is 2. The van der Waals surface area contributed by atoms with Gasteiger partial charge in [-0.25, -0.2) is 23.0 Å². The van der Waals surface area contributed by atoms with Crippen LogP contribution in [0.3, 0.4) is 0 Å². The molecule has 2 N–H and O–H groups in total. The summed E-state index contributed by atoms with van der Waals surface area (Å²) in [7, 11) is 1.46. The number of halogens is 4. The first-order valence-electron chi connectivity index (χ1n) is 10.7. The van der Waals surface area contributed by atoms with Crippen molar-refractivity contribution in [3.8, 4) is 0 Å². The van der Waals surface area contributed by atoms with E-state index in [1.54, 1.807) is 4.90 Å². The first-order valence-corrected chi connectivity index (χ1v) is 11.5. The van der Waals surface area contributed by atoms with Gasteiger partial charge in [-0.15, -0.1) is 0 Å². The standard InChI is InChI=1S/C21H24BrF3N6O3/c1-11-5-17-14(10-30(11)21(33)27-12-3-4-16(23)15(22)6-12)19-20(32)29(2)34-13(9-31(19)28-17)7-26-8-18(24)25/h3-4,6,11,13,18,26H,5,7-10H2,1-2H3,(H,27,33)/t11-,13-/m1/s1. The highest BCUT2D eigenvalue weighted by Gasteiger charge is 2.37. The second kappa shape index (κ2) is 9.92. The fourth-order valence-corrected chi connectivity index (χ4v) is 4.49. The molecule has 34 heavy (non-hydrogen) atoms. The van der Waals surface area contributed by atoms with Crippen LogP contribution in [0.15, 0.2) is 22.7 Å². The number of urea groups is 1. The van der Waals surface area contributed by atoms with Gasteiger partial charge in [-0.3, -0.25) is 14.3 Å². The van der Waals surface area contributed by atoms with Gasteiger partial charge < -0.3 is 15.5 Å². The third-order valence-electron chi connectivity index (χ3n) is 5.76. The summed E-state index contributed by atoms with van der Waals surface area (Å²) in [5, 5.41) is 11.0. The number of nitrogens with one attached hydrogen (secondary N) is 2. The van der Waals surface area contributed by atoms with Crippen molar-refractivity contribution in [2.75, 3.05) is 25.5 Å². The van der Waals surface area contributed by atoms with Gasteiger partial charge in [-0.2, -0.15) is 5.10 Å². The summed E-state index contributed by atoms with van der Waals surface area (Å²) in [6.45, 7) is 1.85. The average molecular weight is 545 g/mol. The minimum absolute atomic E-state index is 0.115. The van der Waals surface area contributed by atoms with E-state index < -0.39 is 36.8 Å². The smallest absolute Gasteiger partial charge is 0.317 e. The molecular formula is C21H24BrF3N6O3. The fourth-order valence-electron chi connectivity index (χ4n) is 4.11. The number of nitrogens with zero attached hydrogens (tertiary/aromatic N) is 4. The Bertz CT molecular complexity index is 1100. The average Bonchev–Trinajstić information content (AvgIpc) is 3.05. The van der Waals surface area contributed by atoms with Crippen LogP contribution in [0.1, 0.15) is 28.7 Å². The van der Waals surface area contributed by atoms with Crippen molar-refractivity contribution in [1.82, 2.24) is 25.1 Å². The van der Waals surface area contributed by atoms with Crippen molar-refractivity contribution < 1.29 is 27.6 Å². The fraction of sp³-hybridized carbons (Fsp3) is 0.476. The van der Waals surface area contributed by atoms with Crippen molar-refractivity contribution >= 4 is 33.6 Å². The molecule has 0 saturated carbocycles. The van der Waals surface area contributed by atoms with Crippen LogP contribution in [0.5, 0.6) is 0 Å². The largest absolute Gasteiger partial charge is 0.322 e. The molecule has 0 fully saturated rings. The molecule has 9 nitrogen and oxygen atoms in total. The zero-order valence-electron chi connectivity index (χ0n) is 18.5. The number of fused-ring (bicyclic) bond motifs is 3. The van der Waals surface area contributed by atoms with E-state index in [1.807, 2.05) is 6.92 Å². The Kier molecular flexibility index (Phi) is 7.14. The molecule has 3 heterocycles. The molecular weight excluding hydrogens is 521 g/mol. The molecule has 2 aliphatic rings. The Balaban J connectivity index is 1.54. The Labute approximate surface area is 202 Å². The summed E-state index contributed by atoms with van der Waals surface area (Å²) in [5.41, 5.74) is 2.06. The second-order valence-corrected chi connectivity index (χ2v) is 9.13. The highest BCUT2D eigenvalue weighted by Crippen LogP contribution is 2.29. The third kappa shape index (κ3) is 5.05. The van der Waals surface area contributed by atoms with E-state index in [9.17, 15) is 22.8 Å². The van der Waals surface area contributed by atoms with Crippen molar-refractivity contribution in [3.63, 3.8) is 0 Å². The van der Waals surface area contributed by atoms with Crippen LogP contribution in [0.2, 0.25) is 0 Å². The summed E-state index contributed by atoms with van der Waals surface area (Å²) >= 11 is 3.10. The number of hydrogen-bond donors (Lipinski definition) is 2. The van der Waals surface area contributed by atoms with E-state index in [0.29, 0.717) is 29.1 Å². The molecule has 1 aromatic carbocycles. The van der Waals surface area contributed by atoms with Gasteiger partial charge in [0.15, 0.2) is 0 Å². The monoisotopic (exact) mass is 544 g/mol. The Morgan fingerprint density at radius 1 is 1.38 bits per heavy atom. The van der Waals surface area contributed by atoms with Crippen molar-refractivity contribution in [3.05, 3.63) is 45.4 Å². The number of rotatable bonds is 5. The number of aromatic nitrogens is 2. The third-order valence-corrected chi connectivity index (χ3v) is 6.37. The summed E-state index contributed by atoms with van der Waals surface area (Å²) < 4.78 is 40.2. The van der Waals surface area contributed by atoms with Gasteiger partial charge in [0.05, 0.1) is 29.8 Å². The minimum atomic E-state index is -2.49. The van der Waals surface area contributed by atoms with E-state index in [4.69, 9.17) is 4.84 Å². The normalized spacial score (nSPS) is 20.3. The number of carbonyl (C=O) groups is 2. The molecule has 0 saturated heterocycles. The summed E-state index contributed by atoms with van der Waals surface area (Å²) in [6, 6.07) is 3.58. The van der Waals surface area contributed by atoms with Crippen molar-refractivity contribution in [2.45, 2.75) is 45.0 Å². The second-order valence-electron chi connectivity index (χ2n) is 8.28. The SMILES string of the molecule is C[C@@H]1Cc2nn3c(c2CN1C(=O)Nc1ccc(F)c(Br)c1)C(=O)N(C)O[C@H](CNCC(F)F)C3. The van der Waals surface area contributed by atoms with Crippen LogP contribution in [-0.4, -0.2) is 70.4 Å². The highest BCUT2D eigenvalue weighted by molar-refractivity contribution is 9.10. The molecule has 2 atom stereocenters. The van der Waals surface area contributed by atoms with Gasteiger partial charge in [-0.05, 0) is 41.1 Å². The molecule has 0 radical (unpaired) electrons. The van der Waals surface area contributed by atoms with Gasteiger partial charge in [0, 0.05) is 37.3 Å². The zero-order chi connectivity index (χ0) is 24.6. The Morgan fingerprint density at radius 3 is 2.85 bits per heavy atom. The van der Waals surface area contributed by atoms with Crippen LogP contribution in [0.25, 0.3) is 0 Å². The first kappa shape index (κ1) is 24.5. The predicted octanol–water partition coefficient (Wildman–Crippen LogP) is 3.00. The van der Waals surface area contributed by atoms with Crippen LogP contribution in [-0.2, 0) is 24.3 Å². The van der Waals surface area contributed by atoms with Gasteiger partial charge in [0.25, 0.3) is 12.3 Å². The molecule has 2 aromatic rings.